The molecule has 0 bridgehead atoms. The van der Waals surface area contributed by atoms with E-state index in [-0.39, 0.29) is 5.56 Å². The Balaban J connectivity index is 1.96. The Hall–Kier alpha value is -3.52. The molecule has 8 nitrogen and oxygen atoms in total. The Bertz CT molecular complexity index is 1360. The number of nitrogens with two attached hydrogens (primary N) is 1. The second-order valence-corrected chi connectivity index (χ2v) is 10.7. The van der Waals surface area contributed by atoms with E-state index in [9.17, 15) is 9.59 Å². The van der Waals surface area contributed by atoms with E-state index in [0.29, 0.717) is 35.3 Å². The van der Waals surface area contributed by atoms with Crippen molar-refractivity contribution in [2.24, 2.45) is 5.73 Å². The van der Waals surface area contributed by atoms with Gasteiger partial charge in [0.25, 0.3) is 5.56 Å². The molecule has 3 N–H and O–H groups in total. The van der Waals surface area contributed by atoms with Crippen LogP contribution in [-0.4, -0.2) is 58.5 Å². The highest BCUT2D eigenvalue weighted by atomic mass is 16.1. The van der Waals surface area contributed by atoms with E-state index in [4.69, 9.17) is 5.73 Å². The molecule has 0 unspecified atom stereocenters. The van der Waals surface area contributed by atoms with Crippen LogP contribution in [0.5, 0.6) is 0 Å². The van der Waals surface area contributed by atoms with Crippen LogP contribution in [0.3, 0.4) is 0 Å². The van der Waals surface area contributed by atoms with Crippen LogP contribution in [0.15, 0.2) is 35.5 Å². The third kappa shape index (κ3) is 5.50. The average Bonchev–Trinajstić information content (AvgIpc) is 2.88. The highest BCUT2D eigenvalue weighted by molar-refractivity contribution is 5.98. The van der Waals surface area contributed by atoms with Crippen molar-refractivity contribution in [3.05, 3.63) is 74.6 Å². The van der Waals surface area contributed by atoms with Gasteiger partial charge >= 0.3 is 0 Å². The summed E-state index contributed by atoms with van der Waals surface area (Å²) in [5.74, 6) is -0.475. The highest BCUT2D eigenvalue weighted by Gasteiger charge is 2.31. The third-order valence-corrected chi connectivity index (χ3v) is 8.08. The van der Waals surface area contributed by atoms with E-state index in [1.807, 2.05) is 32.9 Å². The van der Waals surface area contributed by atoms with Crippen molar-refractivity contribution < 1.29 is 4.79 Å². The van der Waals surface area contributed by atoms with Crippen LogP contribution in [0.25, 0.3) is 11.3 Å². The molecule has 38 heavy (non-hydrogen) atoms. The van der Waals surface area contributed by atoms with Gasteiger partial charge in [0.15, 0.2) is 0 Å². The molecule has 2 heterocycles. The molecule has 0 atom stereocenters. The van der Waals surface area contributed by atoms with Crippen molar-refractivity contribution in [3.8, 4) is 11.3 Å². The van der Waals surface area contributed by atoms with Crippen LogP contribution in [0, 0.1) is 20.8 Å². The van der Waals surface area contributed by atoms with E-state index in [1.165, 1.54) is 0 Å². The number of nitrogens with zero attached hydrogens (tertiary/aromatic N) is 4. The fourth-order valence-corrected chi connectivity index (χ4v) is 6.07. The zero-order valence-corrected chi connectivity index (χ0v) is 23.5. The van der Waals surface area contributed by atoms with Gasteiger partial charge in [0.1, 0.15) is 0 Å². The SMILES string of the molecule is CCN(c1c(C)c(C(N)=O)cc(-c2cnccn2)c1Cc1c(C)cc(C)[nH]c1=O)C1CCC(N(C)C)CC1. The average molecular weight is 517 g/mol. The minimum atomic E-state index is -0.475. The molecule has 8 heteroatoms. The Labute approximate surface area is 225 Å². The lowest BCUT2D eigenvalue weighted by atomic mass is 9.85. The fourth-order valence-electron chi connectivity index (χ4n) is 6.07. The van der Waals surface area contributed by atoms with Gasteiger partial charge in [-0.15, -0.1) is 0 Å². The summed E-state index contributed by atoms with van der Waals surface area (Å²) in [5.41, 5.74) is 13.0. The Morgan fingerprint density at radius 3 is 2.29 bits per heavy atom. The van der Waals surface area contributed by atoms with Crippen molar-refractivity contribution in [2.45, 2.75) is 71.9 Å². The van der Waals surface area contributed by atoms with Gasteiger partial charge in [-0.3, -0.25) is 19.6 Å². The second-order valence-electron chi connectivity index (χ2n) is 10.7. The molecule has 0 radical (unpaired) electrons. The molecule has 1 aliphatic rings. The van der Waals surface area contributed by atoms with E-state index in [1.54, 1.807) is 18.6 Å². The van der Waals surface area contributed by atoms with Crippen LogP contribution in [-0.2, 0) is 6.42 Å². The Morgan fingerprint density at radius 1 is 1.05 bits per heavy atom. The molecule has 202 valence electrons. The van der Waals surface area contributed by atoms with Crippen LogP contribution in [0.4, 0.5) is 5.69 Å². The summed E-state index contributed by atoms with van der Waals surface area (Å²) in [6.07, 6.45) is 9.73. The van der Waals surface area contributed by atoms with Gasteiger partial charge in [0.2, 0.25) is 5.91 Å². The number of nitrogens with one attached hydrogen (secondary N) is 1. The maximum absolute atomic E-state index is 13.1. The van der Waals surface area contributed by atoms with Gasteiger partial charge in [-0.2, -0.15) is 0 Å². The number of rotatable bonds is 8. The normalized spacial score (nSPS) is 17.6. The lowest BCUT2D eigenvalue weighted by Crippen LogP contribution is -2.43. The Morgan fingerprint density at radius 2 is 1.74 bits per heavy atom. The van der Waals surface area contributed by atoms with Crippen LogP contribution < -0.4 is 16.2 Å². The smallest absolute Gasteiger partial charge is 0.251 e. The molecule has 1 amide bonds. The zero-order valence-electron chi connectivity index (χ0n) is 23.5. The first-order valence-corrected chi connectivity index (χ1v) is 13.5. The van der Waals surface area contributed by atoms with Gasteiger partial charge in [-0.05, 0) is 96.3 Å². The molecule has 1 fully saturated rings. The van der Waals surface area contributed by atoms with Crippen molar-refractivity contribution in [1.29, 1.82) is 0 Å². The number of aromatic amines is 1. The summed E-state index contributed by atoms with van der Waals surface area (Å²) in [6.45, 7) is 8.77. The summed E-state index contributed by atoms with van der Waals surface area (Å²) in [6, 6.07) is 4.73. The van der Waals surface area contributed by atoms with Crippen molar-refractivity contribution in [1.82, 2.24) is 19.9 Å². The standard InChI is InChI=1S/C30H40N6O2/c1-7-36(22-10-8-21(9-11-22)35(5)6)28-20(4)24(29(31)37)16-25(27-17-32-12-13-33-27)26(28)15-23-18(2)14-19(3)34-30(23)38/h12-14,16-17,21-22H,7-11,15H2,1-6H3,(H2,31,37)(H,34,38). The summed E-state index contributed by atoms with van der Waals surface area (Å²) < 4.78 is 0. The van der Waals surface area contributed by atoms with Crippen molar-refractivity contribution >= 4 is 11.6 Å². The monoisotopic (exact) mass is 516 g/mol. The highest BCUT2D eigenvalue weighted by Crippen LogP contribution is 2.40. The maximum Gasteiger partial charge on any atom is 0.251 e. The second kappa shape index (κ2) is 11.5. The Kier molecular flexibility index (Phi) is 8.31. The first-order chi connectivity index (χ1) is 18.1. The summed E-state index contributed by atoms with van der Waals surface area (Å²) in [4.78, 5) is 42.4. The zero-order chi connectivity index (χ0) is 27.6. The number of pyridine rings is 1. The molecule has 3 aromatic rings. The maximum atomic E-state index is 13.1. The predicted molar refractivity (Wildman–Crippen MR) is 153 cm³/mol. The van der Waals surface area contributed by atoms with Gasteiger partial charge in [-0.25, -0.2) is 0 Å². The van der Waals surface area contributed by atoms with Crippen LogP contribution >= 0.6 is 0 Å². The largest absolute Gasteiger partial charge is 0.368 e. The topological polar surface area (TPSA) is 108 Å². The number of amides is 1. The number of aryl methyl sites for hydroxylation is 2. The van der Waals surface area contributed by atoms with Crippen molar-refractivity contribution in [2.75, 3.05) is 25.5 Å². The molecule has 1 aliphatic carbocycles. The minimum absolute atomic E-state index is 0.0929. The number of hydrogen-bond donors (Lipinski definition) is 2. The van der Waals surface area contributed by atoms with E-state index in [0.717, 1.165) is 65.9 Å². The number of anilines is 1. The molecule has 0 spiro atoms. The number of primary amides is 1. The number of aromatic nitrogens is 3. The molecule has 1 saturated carbocycles. The predicted octanol–water partition coefficient (Wildman–Crippen LogP) is 4.15. The molecular weight excluding hydrogens is 476 g/mol. The molecular formula is C30H40N6O2. The van der Waals surface area contributed by atoms with Crippen molar-refractivity contribution in [3.63, 3.8) is 0 Å². The lowest BCUT2D eigenvalue weighted by molar-refractivity contribution is 0.0999. The number of carbonyl (C=O) groups is 1. The minimum Gasteiger partial charge on any atom is -0.368 e. The van der Waals surface area contributed by atoms with Crippen LogP contribution in [0.2, 0.25) is 0 Å². The molecule has 0 aliphatic heterocycles. The van der Waals surface area contributed by atoms with E-state index >= 15 is 0 Å². The first kappa shape index (κ1) is 27.5. The van der Waals surface area contributed by atoms with Gasteiger partial charge in [-0.1, -0.05) is 0 Å². The fraction of sp³-hybridized carbons (Fsp3) is 0.467. The van der Waals surface area contributed by atoms with Crippen LogP contribution in [0.1, 0.15) is 70.9 Å². The first-order valence-electron chi connectivity index (χ1n) is 13.5. The van der Waals surface area contributed by atoms with E-state index in [2.05, 4.69) is 45.8 Å². The number of benzene rings is 1. The number of H-pyrrole nitrogens is 1. The summed E-state index contributed by atoms with van der Waals surface area (Å²) in [7, 11) is 4.30. The third-order valence-electron chi connectivity index (χ3n) is 8.08. The number of hydrogen-bond acceptors (Lipinski definition) is 6. The van der Waals surface area contributed by atoms with E-state index < -0.39 is 5.91 Å². The molecule has 2 aromatic heterocycles. The van der Waals surface area contributed by atoms with Gasteiger partial charge in [0, 0.05) is 65.5 Å². The summed E-state index contributed by atoms with van der Waals surface area (Å²) >= 11 is 0. The molecule has 4 rings (SSSR count). The molecule has 1 aromatic carbocycles. The number of carbonyl (C=O) groups excluding carboxylic acids is 1. The summed E-state index contributed by atoms with van der Waals surface area (Å²) in [5, 5.41) is 0. The van der Waals surface area contributed by atoms with Gasteiger partial charge in [0.05, 0.1) is 11.9 Å². The lowest BCUT2D eigenvalue weighted by Gasteiger charge is -2.41. The van der Waals surface area contributed by atoms with Gasteiger partial charge < -0.3 is 20.5 Å². The quantitative estimate of drug-likeness (QED) is 0.466. The molecule has 0 saturated heterocycles.